The number of rotatable bonds is 2. The van der Waals surface area contributed by atoms with Gasteiger partial charge in [0.2, 0.25) is 0 Å². The van der Waals surface area contributed by atoms with Crippen LogP contribution in [-0.2, 0) is 4.79 Å². The minimum absolute atomic E-state index is 0.265. The maximum Gasteiger partial charge on any atom is 0.276 e. The number of hydrogen-bond acceptors (Lipinski definition) is 3. The van der Waals surface area contributed by atoms with Crippen LogP contribution in [0.3, 0.4) is 0 Å². The SMILES string of the molecule is O=C1Nc2ccc(Cl)cc2/C1=N/N=C/c1ccc(Br)cc1. The van der Waals surface area contributed by atoms with Crippen molar-refractivity contribution < 1.29 is 4.79 Å². The number of fused-ring (bicyclic) bond motifs is 1. The van der Waals surface area contributed by atoms with Gasteiger partial charge in [-0.3, -0.25) is 4.79 Å². The molecule has 1 aliphatic rings. The zero-order chi connectivity index (χ0) is 14.8. The number of nitrogens with one attached hydrogen (secondary N) is 1. The second-order valence-electron chi connectivity index (χ2n) is 4.39. The standard InChI is InChI=1S/C15H9BrClN3O/c16-10-3-1-9(2-4-10)8-18-20-14-12-7-11(17)5-6-13(12)19-15(14)21/h1-8H,(H,19,20,21)/b18-8+. The first-order chi connectivity index (χ1) is 10.1. The van der Waals surface area contributed by atoms with E-state index >= 15 is 0 Å². The second-order valence-corrected chi connectivity index (χ2v) is 5.74. The van der Waals surface area contributed by atoms with Crippen LogP contribution in [0, 0.1) is 0 Å². The second kappa shape index (κ2) is 5.79. The van der Waals surface area contributed by atoms with Gasteiger partial charge in [0.15, 0.2) is 5.71 Å². The number of halogens is 2. The molecule has 6 heteroatoms. The molecule has 21 heavy (non-hydrogen) atoms. The van der Waals surface area contributed by atoms with Crippen molar-refractivity contribution in [3.05, 3.63) is 63.1 Å². The van der Waals surface area contributed by atoms with Gasteiger partial charge in [-0.2, -0.15) is 5.10 Å². The van der Waals surface area contributed by atoms with E-state index in [1.165, 1.54) is 0 Å². The molecule has 0 atom stereocenters. The Morgan fingerprint density at radius 1 is 1.14 bits per heavy atom. The summed E-state index contributed by atoms with van der Waals surface area (Å²) in [5.74, 6) is -0.278. The average molecular weight is 363 g/mol. The Morgan fingerprint density at radius 3 is 2.67 bits per heavy atom. The lowest BCUT2D eigenvalue weighted by molar-refractivity contribution is -0.110. The predicted molar refractivity (Wildman–Crippen MR) is 88.4 cm³/mol. The molecular weight excluding hydrogens is 354 g/mol. The van der Waals surface area contributed by atoms with Crippen molar-refractivity contribution in [3.8, 4) is 0 Å². The molecule has 3 rings (SSSR count). The Bertz CT molecular complexity index is 769. The van der Waals surface area contributed by atoms with E-state index in [2.05, 4.69) is 31.4 Å². The highest BCUT2D eigenvalue weighted by molar-refractivity contribution is 9.10. The molecule has 0 radical (unpaired) electrons. The first kappa shape index (κ1) is 14.0. The summed E-state index contributed by atoms with van der Waals surface area (Å²) < 4.78 is 0.990. The van der Waals surface area contributed by atoms with E-state index in [0.29, 0.717) is 16.3 Å². The van der Waals surface area contributed by atoms with Crippen LogP contribution in [0.5, 0.6) is 0 Å². The number of nitrogens with zero attached hydrogens (tertiary/aromatic N) is 2. The van der Waals surface area contributed by atoms with Crippen molar-refractivity contribution in [1.29, 1.82) is 0 Å². The fourth-order valence-corrected chi connectivity index (χ4v) is 2.36. The van der Waals surface area contributed by atoms with Crippen LogP contribution in [0.25, 0.3) is 0 Å². The normalized spacial score (nSPS) is 15.5. The molecular formula is C15H9BrClN3O. The van der Waals surface area contributed by atoms with Gasteiger partial charge in [0.25, 0.3) is 5.91 Å². The molecule has 0 saturated heterocycles. The van der Waals surface area contributed by atoms with Gasteiger partial charge in [0.05, 0.1) is 11.9 Å². The van der Waals surface area contributed by atoms with Crippen LogP contribution in [-0.4, -0.2) is 17.8 Å². The third kappa shape index (κ3) is 3.04. The molecule has 1 amide bonds. The molecule has 1 N–H and O–H groups in total. The van der Waals surface area contributed by atoms with Crippen molar-refractivity contribution >= 4 is 51.1 Å². The molecule has 0 unspecified atom stereocenters. The Labute approximate surface area is 134 Å². The molecule has 2 aromatic rings. The summed E-state index contributed by atoms with van der Waals surface area (Å²) in [7, 11) is 0. The summed E-state index contributed by atoms with van der Waals surface area (Å²) in [6.07, 6.45) is 1.59. The molecule has 104 valence electrons. The molecule has 0 aromatic heterocycles. The molecule has 0 aliphatic carbocycles. The minimum Gasteiger partial charge on any atom is -0.320 e. The quantitative estimate of drug-likeness (QED) is 0.640. The van der Waals surface area contributed by atoms with E-state index in [-0.39, 0.29) is 11.6 Å². The Hall–Kier alpha value is -1.98. The van der Waals surface area contributed by atoms with Crippen molar-refractivity contribution in [2.45, 2.75) is 0 Å². The van der Waals surface area contributed by atoms with Gasteiger partial charge >= 0.3 is 0 Å². The van der Waals surface area contributed by atoms with E-state index in [1.807, 2.05) is 24.3 Å². The van der Waals surface area contributed by atoms with E-state index < -0.39 is 0 Å². The molecule has 0 fully saturated rings. The van der Waals surface area contributed by atoms with Crippen LogP contribution in [0.2, 0.25) is 5.02 Å². The summed E-state index contributed by atoms with van der Waals surface area (Å²) in [5, 5.41) is 11.3. The Morgan fingerprint density at radius 2 is 1.90 bits per heavy atom. The van der Waals surface area contributed by atoms with Gasteiger partial charge in [0, 0.05) is 15.1 Å². The van der Waals surface area contributed by atoms with Crippen LogP contribution < -0.4 is 5.32 Å². The van der Waals surface area contributed by atoms with E-state index in [0.717, 1.165) is 10.0 Å². The summed E-state index contributed by atoms with van der Waals surface area (Å²) in [4.78, 5) is 11.9. The summed E-state index contributed by atoms with van der Waals surface area (Å²) in [5.41, 5.74) is 2.52. The van der Waals surface area contributed by atoms with Crippen LogP contribution in [0.15, 0.2) is 57.1 Å². The van der Waals surface area contributed by atoms with E-state index in [4.69, 9.17) is 11.6 Å². The third-order valence-electron chi connectivity index (χ3n) is 2.93. The number of amides is 1. The zero-order valence-corrected chi connectivity index (χ0v) is 13.0. The van der Waals surface area contributed by atoms with Gasteiger partial charge in [-0.1, -0.05) is 39.7 Å². The lowest BCUT2D eigenvalue weighted by atomic mass is 10.1. The zero-order valence-electron chi connectivity index (χ0n) is 10.7. The smallest absolute Gasteiger partial charge is 0.276 e. The minimum atomic E-state index is -0.278. The number of hydrogen-bond donors (Lipinski definition) is 1. The molecule has 0 bridgehead atoms. The molecule has 0 saturated carbocycles. The molecule has 4 nitrogen and oxygen atoms in total. The maximum atomic E-state index is 11.9. The van der Waals surface area contributed by atoms with Crippen molar-refractivity contribution in [2.24, 2.45) is 10.2 Å². The first-order valence-electron chi connectivity index (χ1n) is 6.11. The number of benzene rings is 2. The molecule has 2 aromatic carbocycles. The Kier molecular flexibility index (Phi) is 3.86. The van der Waals surface area contributed by atoms with Crippen molar-refractivity contribution in [1.82, 2.24) is 0 Å². The molecule has 1 heterocycles. The van der Waals surface area contributed by atoms with Crippen molar-refractivity contribution in [3.63, 3.8) is 0 Å². The van der Waals surface area contributed by atoms with Gasteiger partial charge in [0.1, 0.15) is 0 Å². The van der Waals surface area contributed by atoms with Gasteiger partial charge in [-0.25, -0.2) is 0 Å². The highest BCUT2D eigenvalue weighted by atomic mass is 79.9. The largest absolute Gasteiger partial charge is 0.320 e. The van der Waals surface area contributed by atoms with Crippen LogP contribution in [0.1, 0.15) is 11.1 Å². The first-order valence-corrected chi connectivity index (χ1v) is 7.28. The predicted octanol–water partition coefficient (Wildman–Crippen LogP) is 3.88. The summed E-state index contributed by atoms with van der Waals surface area (Å²) in [6, 6.07) is 12.8. The van der Waals surface area contributed by atoms with Gasteiger partial charge < -0.3 is 5.32 Å². The monoisotopic (exact) mass is 361 g/mol. The fourth-order valence-electron chi connectivity index (χ4n) is 1.93. The third-order valence-corrected chi connectivity index (χ3v) is 3.70. The average Bonchev–Trinajstić information content (AvgIpc) is 2.77. The highest BCUT2D eigenvalue weighted by Gasteiger charge is 2.26. The maximum absolute atomic E-state index is 11.9. The van der Waals surface area contributed by atoms with E-state index in [9.17, 15) is 4.79 Å². The highest BCUT2D eigenvalue weighted by Crippen LogP contribution is 2.26. The number of carbonyl (C=O) groups is 1. The van der Waals surface area contributed by atoms with Gasteiger partial charge in [-0.15, -0.1) is 5.10 Å². The number of carbonyl (C=O) groups excluding carboxylic acids is 1. The van der Waals surface area contributed by atoms with Crippen LogP contribution in [0.4, 0.5) is 5.69 Å². The fraction of sp³-hybridized carbons (Fsp3) is 0. The lowest BCUT2D eigenvalue weighted by Crippen LogP contribution is -2.13. The van der Waals surface area contributed by atoms with Crippen LogP contribution >= 0.6 is 27.5 Å². The molecule has 0 spiro atoms. The van der Waals surface area contributed by atoms with Crippen molar-refractivity contribution in [2.75, 3.05) is 5.32 Å². The number of anilines is 1. The van der Waals surface area contributed by atoms with Gasteiger partial charge in [-0.05, 0) is 35.9 Å². The Balaban J connectivity index is 1.88. The summed E-state index contributed by atoms with van der Waals surface area (Å²) >= 11 is 9.31. The summed E-state index contributed by atoms with van der Waals surface area (Å²) in [6.45, 7) is 0. The lowest BCUT2D eigenvalue weighted by Gasteiger charge is -1.96. The molecule has 1 aliphatic heterocycles. The van der Waals surface area contributed by atoms with E-state index in [1.54, 1.807) is 24.4 Å². The topological polar surface area (TPSA) is 53.8 Å².